The Hall–Kier alpha value is -0.790. The monoisotopic (exact) mass is 221 g/mol. The molecular weight excluding hydrogens is 198 g/mol. The minimum Gasteiger partial charge on any atom is -0.374 e. The second-order valence-electron chi connectivity index (χ2n) is 5.96. The van der Waals surface area contributed by atoms with E-state index in [0.717, 1.165) is 44.3 Å². The second-order valence-corrected chi connectivity index (χ2v) is 5.96. The molecule has 16 heavy (non-hydrogen) atoms. The normalized spacial score (nSPS) is 24.7. The van der Waals surface area contributed by atoms with Crippen LogP contribution in [0.5, 0.6) is 0 Å². The van der Waals surface area contributed by atoms with Crippen molar-refractivity contribution >= 4 is 5.78 Å². The molecule has 0 unspecified atom stereocenters. The van der Waals surface area contributed by atoms with E-state index < -0.39 is 0 Å². The Bertz CT molecular complexity index is 328. The van der Waals surface area contributed by atoms with E-state index in [0.29, 0.717) is 5.78 Å². The minimum atomic E-state index is 0.166. The van der Waals surface area contributed by atoms with Crippen molar-refractivity contribution < 1.29 is 4.79 Å². The molecule has 1 aliphatic carbocycles. The number of rotatable bonds is 2. The molecule has 0 saturated carbocycles. The molecule has 2 nitrogen and oxygen atoms in total. The van der Waals surface area contributed by atoms with Crippen molar-refractivity contribution in [3.63, 3.8) is 0 Å². The van der Waals surface area contributed by atoms with Crippen molar-refractivity contribution in [1.82, 2.24) is 4.90 Å². The summed E-state index contributed by atoms with van der Waals surface area (Å²) in [5.74, 6) is 0.409. The maximum absolute atomic E-state index is 12.1. The Kier molecular flexibility index (Phi) is 3.09. The van der Waals surface area contributed by atoms with Crippen molar-refractivity contribution in [2.45, 2.75) is 52.9 Å². The van der Waals surface area contributed by atoms with Gasteiger partial charge in [-0.05, 0) is 31.1 Å². The molecule has 1 heterocycles. The van der Waals surface area contributed by atoms with Gasteiger partial charge in [0.1, 0.15) is 0 Å². The summed E-state index contributed by atoms with van der Waals surface area (Å²) in [5.41, 5.74) is 2.69. The Morgan fingerprint density at radius 1 is 1.31 bits per heavy atom. The first-order valence-electron chi connectivity index (χ1n) is 6.54. The zero-order valence-electron chi connectivity index (χ0n) is 10.8. The zero-order valence-corrected chi connectivity index (χ0v) is 10.8. The molecule has 1 aliphatic heterocycles. The van der Waals surface area contributed by atoms with Crippen LogP contribution in [0.15, 0.2) is 11.3 Å². The Morgan fingerprint density at radius 3 is 2.75 bits per heavy atom. The van der Waals surface area contributed by atoms with Crippen molar-refractivity contribution in [3.05, 3.63) is 11.3 Å². The highest BCUT2D eigenvalue weighted by atomic mass is 16.1. The van der Waals surface area contributed by atoms with Gasteiger partial charge in [-0.15, -0.1) is 0 Å². The van der Waals surface area contributed by atoms with Crippen LogP contribution in [0.1, 0.15) is 52.9 Å². The maximum atomic E-state index is 12.1. The molecule has 0 saturated heterocycles. The van der Waals surface area contributed by atoms with Crippen molar-refractivity contribution in [3.8, 4) is 0 Å². The number of carbonyl (C=O) groups excluding carboxylic acids is 1. The van der Waals surface area contributed by atoms with E-state index in [2.05, 4.69) is 25.7 Å². The van der Waals surface area contributed by atoms with Crippen LogP contribution in [0.25, 0.3) is 0 Å². The third kappa shape index (κ3) is 2.16. The standard InChI is InChI=1S/C14H23NO/c1-4-7-15-8-5-6-11-12(15)9-14(2,3)10-13(11)16/h4-10H2,1-3H3. The van der Waals surface area contributed by atoms with Gasteiger partial charge in [-0.25, -0.2) is 0 Å². The lowest BCUT2D eigenvalue weighted by atomic mass is 9.73. The molecule has 0 aromatic rings. The molecule has 0 aromatic heterocycles. The van der Waals surface area contributed by atoms with Crippen molar-refractivity contribution in [1.29, 1.82) is 0 Å². The van der Waals surface area contributed by atoms with Crippen LogP contribution in [-0.4, -0.2) is 23.8 Å². The third-order valence-corrected chi connectivity index (χ3v) is 3.70. The van der Waals surface area contributed by atoms with E-state index in [9.17, 15) is 4.79 Å². The maximum Gasteiger partial charge on any atom is 0.161 e. The predicted molar refractivity (Wildman–Crippen MR) is 66.1 cm³/mol. The van der Waals surface area contributed by atoms with Gasteiger partial charge in [0.2, 0.25) is 0 Å². The fourth-order valence-electron chi connectivity index (χ4n) is 3.01. The van der Waals surface area contributed by atoms with Gasteiger partial charge in [0.25, 0.3) is 0 Å². The molecule has 0 N–H and O–H groups in total. The molecule has 0 fully saturated rings. The van der Waals surface area contributed by atoms with E-state index in [1.165, 1.54) is 12.1 Å². The number of allylic oxidation sites excluding steroid dienone is 2. The molecule has 0 atom stereocenters. The summed E-state index contributed by atoms with van der Waals surface area (Å²) in [6.45, 7) is 8.91. The van der Waals surface area contributed by atoms with E-state index in [4.69, 9.17) is 0 Å². The Balaban J connectivity index is 2.29. The number of carbonyl (C=O) groups is 1. The highest BCUT2D eigenvalue weighted by molar-refractivity contribution is 5.97. The van der Waals surface area contributed by atoms with Crippen LogP contribution < -0.4 is 0 Å². The summed E-state index contributed by atoms with van der Waals surface area (Å²) >= 11 is 0. The van der Waals surface area contributed by atoms with Gasteiger partial charge in [0.05, 0.1) is 0 Å². The highest BCUT2D eigenvalue weighted by Gasteiger charge is 2.35. The predicted octanol–water partition coefficient (Wildman–Crippen LogP) is 3.14. The molecule has 2 heteroatoms. The molecule has 0 amide bonds. The highest BCUT2D eigenvalue weighted by Crippen LogP contribution is 2.41. The second kappa shape index (κ2) is 4.23. The summed E-state index contributed by atoms with van der Waals surface area (Å²) in [6.07, 6.45) is 5.18. The van der Waals surface area contributed by atoms with Gasteiger partial charge in [0.15, 0.2) is 5.78 Å². The first-order chi connectivity index (χ1) is 7.53. The molecule has 90 valence electrons. The third-order valence-electron chi connectivity index (χ3n) is 3.70. The van der Waals surface area contributed by atoms with Crippen molar-refractivity contribution in [2.24, 2.45) is 5.41 Å². The van der Waals surface area contributed by atoms with Crippen LogP contribution in [0.2, 0.25) is 0 Å². The van der Waals surface area contributed by atoms with Gasteiger partial charge < -0.3 is 4.90 Å². The number of nitrogens with zero attached hydrogens (tertiary/aromatic N) is 1. The molecule has 0 aromatic carbocycles. The van der Waals surface area contributed by atoms with E-state index in [-0.39, 0.29) is 5.41 Å². The lowest BCUT2D eigenvalue weighted by molar-refractivity contribution is -0.118. The number of hydrogen-bond donors (Lipinski definition) is 0. The molecular formula is C14H23NO. The van der Waals surface area contributed by atoms with Gasteiger partial charge in [-0.1, -0.05) is 20.8 Å². The molecule has 0 spiro atoms. The fraction of sp³-hybridized carbons (Fsp3) is 0.786. The van der Waals surface area contributed by atoms with Crippen LogP contribution in [0.3, 0.4) is 0 Å². The molecule has 2 aliphatic rings. The first kappa shape index (κ1) is 11.7. The van der Waals surface area contributed by atoms with Gasteiger partial charge in [-0.3, -0.25) is 4.79 Å². The largest absolute Gasteiger partial charge is 0.374 e. The van der Waals surface area contributed by atoms with Crippen LogP contribution >= 0.6 is 0 Å². The van der Waals surface area contributed by atoms with E-state index in [1.807, 2.05) is 0 Å². The Labute approximate surface area is 98.7 Å². The summed E-state index contributed by atoms with van der Waals surface area (Å²) in [5, 5.41) is 0. The number of Topliss-reactive ketones (excluding diaryl/α,β-unsaturated/α-hetero) is 1. The molecule has 0 radical (unpaired) electrons. The van der Waals surface area contributed by atoms with Gasteiger partial charge in [-0.2, -0.15) is 0 Å². The van der Waals surface area contributed by atoms with Crippen LogP contribution in [0.4, 0.5) is 0 Å². The van der Waals surface area contributed by atoms with Gasteiger partial charge >= 0.3 is 0 Å². The average molecular weight is 221 g/mol. The van der Waals surface area contributed by atoms with Gasteiger partial charge in [0, 0.05) is 30.8 Å². The Morgan fingerprint density at radius 2 is 2.06 bits per heavy atom. The summed E-state index contributed by atoms with van der Waals surface area (Å²) < 4.78 is 0. The zero-order chi connectivity index (χ0) is 11.8. The average Bonchev–Trinajstić information content (AvgIpc) is 2.18. The smallest absolute Gasteiger partial charge is 0.161 e. The lowest BCUT2D eigenvalue weighted by Gasteiger charge is -2.41. The topological polar surface area (TPSA) is 20.3 Å². The molecule has 2 rings (SSSR count). The summed E-state index contributed by atoms with van der Waals surface area (Å²) in [4.78, 5) is 14.6. The SMILES string of the molecule is CCCN1CCCC2=C1CC(C)(C)CC2=O. The first-order valence-corrected chi connectivity index (χ1v) is 6.54. The summed E-state index contributed by atoms with van der Waals surface area (Å²) in [7, 11) is 0. The minimum absolute atomic E-state index is 0.166. The number of hydrogen-bond acceptors (Lipinski definition) is 2. The fourth-order valence-corrected chi connectivity index (χ4v) is 3.01. The molecule has 0 bridgehead atoms. The van der Waals surface area contributed by atoms with Crippen molar-refractivity contribution in [2.75, 3.05) is 13.1 Å². The lowest BCUT2D eigenvalue weighted by Crippen LogP contribution is -2.38. The summed E-state index contributed by atoms with van der Waals surface area (Å²) in [6, 6.07) is 0. The van der Waals surface area contributed by atoms with E-state index in [1.54, 1.807) is 0 Å². The van der Waals surface area contributed by atoms with Crippen LogP contribution in [0, 0.1) is 5.41 Å². The quantitative estimate of drug-likeness (QED) is 0.714. The van der Waals surface area contributed by atoms with Crippen LogP contribution in [-0.2, 0) is 4.79 Å². The number of ketones is 1. The van der Waals surface area contributed by atoms with E-state index >= 15 is 0 Å².